The molecular weight excluding hydrogens is 314 g/mol. The summed E-state index contributed by atoms with van der Waals surface area (Å²) in [6.07, 6.45) is 4.40. The minimum atomic E-state index is -0.354. The molecule has 0 spiro atoms. The zero-order chi connectivity index (χ0) is 14.5. The fraction of sp³-hybridized carbons (Fsp3) is 0.647. The maximum atomic E-state index is 10.3. The summed E-state index contributed by atoms with van der Waals surface area (Å²) in [6.45, 7) is 6.74. The average Bonchev–Trinajstić information content (AvgIpc) is 3.22. The molecule has 0 aliphatic heterocycles. The Bertz CT molecular complexity index is 417. The highest BCUT2D eigenvalue weighted by Gasteiger charge is 2.28. The van der Waals surface area contributed by atoms with Crippen LogP contribution in [0.3, 0.4) is 0 Å². The molecule has 1 saturated carbocycles. The summed E-state index contributed by atoms with van der Waals surface area (Å²) in [6, 6.07) is 8.78. The standard InChI is InChI=1S/C17H26BrNO/c1-13(2)8-10-19(16-6-7-16)11-9-17(20)14-4-3-5-15(18)12-14/h3-5,12-13,16-17,20H,6-11H2,1-2H3. The molecule has 1 atom stereocenters. The van der Waals surface area contributed by atoms with Crippen LogP contribution in [0.2, 0.25) is 0 Å². The zero-order valence-electron chi connectivity index (χ0n) is 12.6. The lowest BCUT2D eigenvalue weighted by atomic mass is 10.1. The van der Waals surface area contributed by atoms with E-state index in [0.717, 1.165) is 35.0 Å². The van der Waals surface area contributed by atoms with Gasteiger partial charge in [-0.1, -0.05) is 41.9 Å². The molecule has 2 nitrogen and oxygen atoms in total. The topological polar surface area (TPSA) is 23.5 Å². The molecule has 112 valence electrons. The number of rotatable bonds is 8. The zero-order valence-corrected chi connectivity index (χ0v) is 14.1. The van der Waals surface area contributed by atoms with E-state index in [-0.39, 0.29) is 6.10 Å². The Hall–Kier alpha value is -0.380. The van der Waals surface area contributed by atoms with E-state index < -0.39 is 0 Å². The molecule has 1 aliphatic rings. The quantitative estimate of drug-likeness (QED) is 0.759. The van der Waals surface area contributed by atoms with Crippen LogP contribution < -0.4 is 0 Å². The Labute approximate surface area is 131 Å². The molecule has 0 aromatic heterocycles. The molecule has 2 rings (SSSR count). The van der Waals surface area contributed by atoms with Crippen molar-refractivity contribution >= 4 is 15.9 Å². The molecule has 1 N–H and O–H groups in total. The normalized spacial score (nSPS) is 16.9. The first kappa shape index (κ1) is 16.0. The van der Waals surface area contributed by atoms with Crippen LogP contribution >= 0.6 is 15.9 Å². The third kappa shape index (κ3) is 5.19. The van der Waals surface area contributed by atoms with Gasteiger partial charge in [0.15, 0.2) is 0 Å². The number of halogens is 1. The maximum absolute atomic E-state index is 10.3. The second-order valence-electron chi connectivity index (χ2n) is 6.31. The van der Waals surface area contributed by atoms with Crippen molar-refractivity contribution in [2.24, 2.45) is 5.92 Å². The van der Waals surface area contributed by atoms with Crippen molar-refractivity contribution in [3.05, 3.63) is 34.3 Å². The van der Waals surface area contributed by atoms with Crippen molar-refractivity contribution in [2.75, 3.05) is 13.1 Å². The lowest BCUT2D eigenvalue weighted by molar-refractivity contribution is 0.137. The summed E-state index contributed by atoms with van der Waals surface area (Å²) in [4.78, 5) is 2.57. The largest absolute Gasteiger partial charge is 0.388 e. The van der Waals surface area contributed by atoms with Crippen LogP contribution in [0.4, 0.5) is 0 Å². The summed E-state index contributed by atoms with van der Waals surface area (Å²) < 4.78 is 1.04. The van der Waals surface area contributed by atoms with Crippen LogP contribution in [0.25, 0.3) is 0 Å². The van der Waals surface area contributed by atoms with Crippen LogP contribution in [0.5, 0.6) is 0 Å². The second-order valence-corrected chi connectivity index (χ2v) is 7.22. The van der Waals surface area contributed by atoms with Gasteiger partial charge in [0.1, 0.15) is 0 Å². The van der Waals surface area contributed by atoms with E-state index in [1.807, 2.05) is 24.3 Å². The van der Waals surface area contributed by atoms with E-state index >= 15 is 0 Å². The third-order valence-electron chi connectivity index (χ3n) is 3.98. The lowest BCUT2D eigenvalue weighted by Gasteiger charge is -2.24. The highest BCUT2D eigenvalue weighted by Crippen LogP contribution is 2.29. The van der Waals surface area contributed by atoms with E-state index in [9.17, 15) is 5.11 Å². The Morgan fingerprint density at radius 2 is 1.95 bits per heavy atom. The van der Waals surface area contributed by atoms with Gasteiger partial charge in [-0.15, -0.1) is 0 Å². The van der Waals surface area contributed by atoms with Gasteiger partial charge in [0.25, 0.3) is 0 Å². The molecule has 0 amide bonds. The monoisotopic (exact) mass is 339 g/mol. The van der Waals surface area contributed by atoms with Crippen molar-refractivity contribution in [1.29, 1.82) is 0 Å². The van der Waals surface area contributed by atoms with Crippen LogP contribution in [0.1, 0.15) is 51.2 Å². The van der Waals surface area contributed by atoms with E-state index in [4.69, 9.17) is 0 Å². The summed E-state index contributed by atoms with van der Waals surface area (Å²) >= 11 is 3.46. The van der Waals surface area contributed by atoms with E-state index in [0.29, 0.717) is 0 Å². The number of aliphatic hydroxyl groups is 1. The summed E-state index contributed by atoms with van der Waals surface area (Å²) in [5, 5.41) is 10.3. The number of hydrogen-bond acceptors (Lipinski definition) is 2. The molecule has 0 radical (unpaired) electrons. The Morgan fingerprint density at radius 3 is 2.55 bits per heavy atom. The maximum Gasteiger partial charge on any atom is 0.0802 e. The van der Waals surface area contributed by atoms with Gasteiger partial charge in [-0.2, -0.15) is 0 Å². The van der Waals surface area contributed by atoms with Gasteiger partial charge in [-0.25, -0.2) is 0 Å². The highest BCUT2D eigenvalue weighted by molar-refractivity contribution is 9.10. The molecular formula is C17H26BrNO. The average molecular weight is 340 g/mol. The predicted octanol–water partition coefficient (Wildman–Crippen LogP) is 4.38. The van der Waals surface area contributed by atoms with Crippen molar-refractivity contribution in [2.45, 2.75) is 51.7 Å². The predicted molar refractivity (Wildman–Crippen MR) is 87.8 cm³/mol. The van der Waals surface area contributed by atoms with Gasteiger partial charge in [0.2, 0.25) is 0 Å². The van der Waals surface area contributed by atoms with Crippen LogP contribution in [0, 0.1) is 5.92 Å². The fourth-order valence-electron chi connectivity index (χ4n) is 2.51. The SMILES string of the molecule is CC(C)CCN(CCC(O)c1cccc(Br)c1)C1CC1. The van der Waals surface area contributed by atoms with E-state index in [1.165, 1.54) is 25.8 Å². The fourth-order valence-corrected chi connectivity index (χ4v) is 2.93. The number of nitrogens with zero attached hydrogens (tertiary/aromatic N) is 1. The van der Waals surface area contributed by atoms with Crippen molar-refractivity contribution in [1.82, 2.24) is 4.90 Å². The molecule has 1 unspecified atom stereocenters. The summed E-state index contributed by atoms with van der Waals surface area (Å²) in [5.74, 6) is 0.756. The van der Waals surface area contributed by atoms with E-state index in [2.05, 4.69) is 34.7 Å². The number of hydrogen-bond donors (Lipinski definition) is 1. The van der Waals surface area contributed by atoms with Crippen molar-refractivity contribution in [3.8, 4) is 0 Å². The Kier molecular flexibility index (Phi) is 6.06. The molecule has 0 heterocycles. The molecule has 1 fully saturated rings. The first-order chi connectivity index (χ1) is 9.56. The molecule has 0 saturated heterocycles. The minimum absolute atomic E-state index is 0.354. The third-order valence-corrected chi connectivity index (χ3v) is 4.47. The molecule has 1 aromatic carbocycles. The number of aliphatic hydroxyl groups excluding tert-OH is 1. The minimum Gasteiger partial charge on any atom is -0.388 e. The Balaban J connectivity index is 1.82. The highest BCUT2D eigenvalue weighted by atomic mass is 79.9. The van der Waals surface area contributed by atoms with Crippen molar-refractivity contribution < 1.29 is 5.11 Å². The van der Waals surface area contributed by atoms with Gasteiger partial charge < -0.3 is 10.0 Å². The number of benzene rings is 1. The van der Waals surface area contributed by atoms with Gasteiger partial charge in [0, 0.05) is 17.1 Å². The smallest absolute Gasteiger partial charge is 0.0802 e. The second kappa shape index (κ2) is 7.58. The molecule has 3 heteroatoms. The van der Waals surface area contributed by atoms with E-state index in [1.54, 1.807) is 0 Å². The first-order valence-electron chi connectivity index (χ1n) is 7.74. The molecule has 20 heavy (non-hydrogen) atoms. The van der Waals surface area contributed by atoms with Gasteiger partial charge in [-0.3, -0.25) is 0 Å². The first-order valence-corrected chi connectivity index (χ1v) is 8.53. The lowest BCUT2D eigenvalue weighted by Crippen LogP contribution is -2.30. The van der Waals surface area contributed by atoms with Gasteiger partial charge >= 0.3 is 0 Å². The summed E-state index contributed by atoms with van der Waals surface area (Å²) in [7, 11) is 0. The molecule has 1 aromatic rings. The van der Waals surface area contributed by atoms with Crippen molar-refractivity contribution in [3.63, 3.8) is 0 Å². The van der Waals surface area contributed by atoms with Gasteiger partial charge in [0.05, 0.1) is 6.10 Å². The molecule has 1 aliphatic carbocycles. The summed E-state index contributed by atoms with van der Waals surface area (Å²) in [5.41, 5.74) is 1.01. The van der Waals surface area contributed by atoms with Gasteiger partial charge in [-0.05, 0) is 55.8 Å². The Morgan fingerprint density at radius 1 is 1.25 bits per heavy atom. The van der Waals surface area contributed by atoms with Crippen LogP contribution in [-0.4, -0.2) is 29.1 Å². The van der Waals surface area contributed by atoms with Crippen LogP contribution in [0.15, 0.2) is 28.7 Å². The molecule has 0 bridgehead atoms. The van der Waals surface area contributed by atoms with Crippen LogP contribution in [-0.2, 0) is 0 Å².